The Bertz CT molecular complexity index is 415. The molecule has 0 amide bonds. The largest absolute Gasteiger partial charge is 0.460 e. The van der Waals surface area contributed by atoms with Gasteiger partial charge in [-0.3, -0.25) is 4.79 Å². The van der Waals surface area contributed by atoms with E-state index in [1.807, 2.05) is 20.8 Å². The molecule has 2 heteroatoms. The zero-order valence-corrected chi connectivity index (χ0v) is 12.6. The van der Waals surface area contributed by atoms with Gasteiger partial charge in [-0.2, -0.15) is 0 Å². The minimum atomic E-state index is -0.359. The summed E-state index contributed by atoms with van der Waals surface area (Å²) in [6, 6.07) is 0. The third-order valence-corrected chi connectivity index (χ3v) is 5.30. The second-order valence-electron chi connectivity index (χ2n) is 7.80. The zero-order chi connectivity index (χ0) is 13.8. The minimum absolute atomic E-state index is 0.0232. The van der Waals surface area contributed by atoms with Gasteiger partial charge in [0.25, 0.3) is 0 Å². The Kier molecular flexibility index (Phi) is 3.03. The fourth-order valence-corrected chi connectivity index (χ4v) is 4.96. The van der Waals surface area contributed by atoms with Crippen molar-refractivity contribution in [2.75, 3.05) is 0 Å². The van der Waals surface area contributed by atoms with Crippen molar-refractivity contribution in [1.82, 2.24) is 0 Å². The molecule has 0 spiro atoms. The normalized spacial score (nSPS) is 40.2. The van der Waals surface area contributed by atoms with Crippen molar-refractivity contribution >= 4 is 5.97 Å². The first-order valence-electron chi connectivity index (χ1n) is 7.75. The summed E-state index contributed by atoms with van der Waals surface area (Å²) in [4.78, 5) is 12.1. The van der Waals surface area contributed by atoms with Crippen molar-refractivity contribution in [3.8, 4) is 0 Å². The van der Waals surface area contributed by atoms with Crippen LogP contribution >= 0.6 is 0 Å². The number of fused-ring (bicyclic) bond motifs is 5. The van der Waals surface area contributed by atoms with E-state index in [9.17, 15) is 4.79 Å². The Labute approximate surface area is 116 Å². The van der Waals surface area contributed by atoms with Crippen LogP contribution in [0, 0.1) is 29.6 Å². The summed E-state index contributed by atoms with van der Waals surface area (Å²) in [5.74, 6) is 3.73. The van der Waals surface area contributed by atoms with E-state index in [1.54, 1.807) is 5.57 Å². The highest BCUT2D eigenvalue weighted by Crippen LogP contribution is 2.61. The lowest BCUT2D eigenvalue weighted by Gasteiger charge is -2.30. The number of ether oxygens (including phenoxy) is 1. The van der Waals surface area contributed by atoms with Crippen molar-refractivity contribution in [2.24, 2.45) is 29.6 Å². The van der Waals surface area contributed by atoms with E-state index in [4.69, 9.17) is 4.74 Å². The second kappa shape index (κ2) is 4.36. The van der Waals surface area contributed by atoms with Crippen molar-refractivity contribution in [3.05, 3.63) is 11.6 Å². The summed E-state index contributed by atoms with van der Waals surface area (Å²) in [6.07, 6.45) is 7.17. The Hall–Kier alpha value is -0.790. The Morgan fingerprint density at radius 2 is 2.00 bits per heavy atom. The number of hydrogen-bond acceptors (Lipinski definition) is 2. The summed E-state index contributed by atoms with van der Waals surface area (Å²) < 4.78 is 5.50. The predicted molar refractivity (Wildman–Crippen MR) is 75.5 cm³/mol. The highest BCUT2D eigenvalue weighted by Gasteiger charge is 2.53. The van der Waals surface area contributed by atoms with Crippen LogP contribution in [0.4, 0.5) is 0 Å². The fourth-order valence-electron chi connectivity index (χ4n) is 4.96. The molecule has 0 N–H and O–H groups in total. The van der Waals surface area contributed by atoms with Crippen LogP contribution < -0.4 is 0 Å². The van der Waals surface area contributed by atoms with Crippen LogP contribution in [-0.4, -0.2) is 11.6 Å². The smallest absolute Gasteiger partial charge is 0.306 e. The van der Waals surface area contributed by atoms with Gasteiger partial charge in [0, 0.05) is 0 Å². The first kappa shape index (κ1) is 13.2. The predicted octanol–water partition coefficient (Wildman–Crippen LogP) is 3.96. The summed E-state index contributed by atoms with van der Waals surface area (Å²) in [7, 11) is 0. The maximum atomic E-state index is 12.1. The molecule has 3 aliphatic carbocycles. The number of esters is 1. The topological polar surface area (TPSA) is 26.3 Å². The molecule has 0 radical (unpaired) electrons. The van der Waals surface area contributed by atoms with Gasteiger partial charge in [-0.15, -0.1) is 0 Å². The Morgan fingerprint density at radius 1 is 1.32 bits per heavy atom. The molecule has 0 saturated heterocycles. The van der Waals surface area contributed by atoms with Crippen molar-refractivity contribution in [1.29, 1.82) is 0 Å². The maximum Gasteiger partial charge on any atom is 0.306 e. The van der Waals surface area contributed by atoms with Gasteiger partial charge in [0.05, 0.1) is 6.42 Å². The third-order valence-electron chi connectivity index (χ3n) is 5.30. The van der Waals surface area contributed by atoms with Crippen LogP contribution in [0.1, 0.15) is 53.4 Å². The quantitative estimate of drug-likeness (QED) is 0.556. The van der Waals surface area contributed by atoms with E-state index >= 15 is 0 Å². The van der Waals surface area contributed by atoms with Crippen LogP contribution in [0.5, 0.6) is 0 Å². The molecule has 0 aromatic rings. The Balaban J connectivity index is 1.68. The Morgan fingerprint density at radius 3 is 2.68 bits per heavy atom. The second-order valence-corrected chi connectivity index (χ2v) is 7.80. The molecule has 2 saturated carbocycles. The lowest BCUT2D eigenvalue weighted by atomic mass is 9.75. The van der Waals surface area contributed by atoms with Crippen LogP contribution in [-0.2, 0) is 9.53 Å². The number of carbonyl (C=O) groups is 1. The summed E-state index contributed by atoms with van der Waals surface area (Å²) in [6.45, 7) is 8.11. The van der Waals surface area contributed by atoms with Crippen LogP contribution in [0.25, 0.3) is 0 Å². The average Bonchev–Trinajstić information content (AvgIpc) is 2.89. The molecule has 0 unspecified atom stereocenters. The van der Waals surface area contributed by atoms with Gasteiger partial charge >= 0.3 is 5.97 Å². The molecule has 19 heavy (non-hydrogen) atoms. The molecule has 5 atom stereocenters. The molecule has 0 aromatic heterocycles. The maximum absolute atomic E-state index is 12.1. The lowest BCUT2D eigenvalue weighted by Crippen LogP contribution is -2.29. The molecule has 0 heterocycles. The van der Waals surface area contributed by atoms with Gasteiger partial charge < -0.3 is 4.74 Å². The molecule has 3 rings (SSSR count). The van der Waals surface area contributed by atoms with Gasteiger partial charge in [0.15, 0.2) is 0 Å². The molecule has 0 aromatic carbocycles. The van der Waals surface area contributed by atoms with Crippen LogP contribution in [0.15, 0.2) is 11.6 Å². The van der Waals surface area contributed by atoms with E-state index in [-0.39, 0.29) is 11.6 Å². The molecule has 3 aliphatic rings. The molecule has 0 aliphatic heterocycles. The monoisotopic (exact) mass is 262 g/mol. The molecular formula is C17H26O2. The molecule has 2 nitrogen and oxygen atoms in total. The molecular weight excluding hydrogens is 236 g/mol. The van der Waals surface area contributed by atoms with Gasteiger partial charge in [-0.1, -0.05) is 11.6 Å². The SMILES string of the molecule is CC1=C[C@@H](CC(=O)OC(C)(C)C)[C@@H]2[C@H]3CC[C@H](C3)[C@H]12. The molecule has 106 valence electrons. The summed E-state index contributed by atoms with van der Waals surface area (Å²) >= 11 is 0. The average molecular weight is 262 g/mol. The molecule has 2 bridgehead atoms. The van der Waals surface area contributed by atoms with Gasteiger partial charge in [0.2, 0.25) is 0 Å². The lowest BCUT2D eigenvalue weighted by molar-refractivity contribution is -0.156. The van der Waals surface area contributed by atoms with Gasteiger partial charge in [-0.25, -0.2) is 0 Å². The first-order chi connectivity index (χ1) is 8.85. The van der Waals surface area contributed by atoms with Crippen molar-refractivity contribution in [2.45, 2.75) is 59.0 Å². The van der Waals surface area contributed by atoms with E-state index in [0.29, 0.717) is 12.3 Å². The fraction of sp³-hybridized carbons (Fsp3) is 0.824. The number of rotatable bonds is 2. The zero-order valence-electron chi connectivity index (χ0n) is 12.6. The van der Waals surface area contributed by atoms with Crippen molar-refractivity contribution < 1.29 is 9.53 Å². The van der Waals surface area contributed by atoms with Crippen LogP contribution in [0.2, 0.25) is 0 Å². The number of allylic oxidation sites excluding steroid dienone is 2. The minimum Gasteiger partial charge on any atom is -0.460 e. The highest BCUT2D eigenvalue weighted by atomic mass is 16.6. The van der Waals surface area contributed by atoms with Gasteiger partial charge in [-0.05, 0) is 76.5 Å². The van der Waals surface area contributed by atoms with E-state index in [1.165, 1.54) is 19.3 Å². The summed E-state index contributed by atoms with van der Waals surface area (Å²) in [5, 5.41) is 0. The van der Waals surface area contributed by atoms with Gasteiger partial charge in [0.1, 0.15) is 5.60 Å². The standard InChI is InChI=1S/C17H26O2/c1-10-7-13(9-14(18)19-17(2,3)4)16-12-6-5-11(8-12)15(10)16/h7,11-13,15-16H,5-6,8-9H2,1-4H3/t11-,12+,13+,15+,16+/m1/s1. The van der Waals surface area contributed by atoms with E-state index in [2.05, 4.69) is 13.0 Å². The number of hydrogen-bond donors (Lipinski definition) is 0. The molecule has 2 fully saturated rings. The van der Waals surface area contributed by atoms with Crippen molar-refractivity contribution in [3.63, 3.8) is 0 Å². The van der Waals surface area contributed by atoms with Crippen LogP contribution in [0.3, 0.4) is 0 Å². The highest BCUT2D eigenvalue weighted by molar-refractivity contribution is 5.70. The summed E-state index contributed by atoms with van der Waals surface area (Å²) in [5.41, 5.74) is 1.19. The first-order valence-corrected chi connectivity index (χ1v) is 7.75. The third kappa shape index (κ3) is 2.34. The number of carbonyl (C=O) groups excluding carboxylic acids is 1. The van der Waals surface area contributed by atoms with E-state index < -0.39 is 0 Å². The van der Waals surface area contributed by atoms with E-state index in [0.717, 1.165) is 23.7 Å².